The second-order valence-electron chi connectivity index (χ2n) is 7.38. The Morgan fingerprint density at radius 3 is 2.32 bits per heavy atom. The first-order valence-electron chi connectivity index (χ1n) is 9.73. The molecule has 2 N–H and O–H groups in total. The average Bonchev–Trinajstić information content (AvgIpc) is 3.05. The fourth-order valence-electron chi connectivity index (χ4n) is 3.48. The molecule has 0 aromatic heterocycles. The largest absolute Gasteiger partial charge is 0.334 e. The molecule has 7 heteroatoms. The van der Waals surface area contributed by atoms with Crippen molar-refractivity contribution in [1.29, 1.82) is 0 Å². The van der Waals surface area contributed by atoms with Gasteiger partial charge in [0.15, 0.2) is 6.04 Å². The Labute approximate surface area is 184 Å². The van der Waals surface area contributed by atoms with Crippen molar-refractivity contribution < 1.29 is 18.7 Å². The van der Waals surface area contributed by atoms with Gasteiger partial charge in [-0.2, -0.15) is 0 Å². The number of nitrogens with zero attached hydrogens (tertiary/aromatic N) is 1. The van der Waals surface area contributed by atoms with E-state index in [1.54, 1.807) is 23.0 Å². The molecule has 156 valence electrons. The summed E-state index contributed by atoms with van der Waals surface area (Å²) in [5, 5.41) is 3.41. The van der Waals surface area contributed by atoms with Gasteiger partial charge >= 0.3 is 5.91 Å². The Bertz CT molecular complexity index is 1140. The number of nitrogens with one attached hydrogen (secondary N) is 2. The molecule has 0 unspecified atom stereocenters. The molecule has 1 aliphatic rings. The lowest BCUT2D eigenvalue weighted by Crippen LogP contribution is -2.42. The zero-order chi connectivity index (χ0) is 22.0. The van der Waals surface area contributed by atoms with Gasteiger partial charge in [-0.05, 0) is 55.5 Å². The Morgan fingerprint density at radius 1 is 1.03 bits per heavy atom. The average molecular weight is 437 g/mol. The first-order chi connectivity index (χ1) is 14.9. The highest BCUT2D eigenvalue weighted by molar-refractivity contribution is 6.30. The predicted octanol–water partition coefficient (Wildman–Crippen LogP) is 3.80. The molecule has 0 saturated carbocycles. The number of carbonyl (C=O) groups excluding carboxylic acids is 2. The fourth-order valence-corrected chi connectivity index (χ4v) is 3.61. The third kappa shape index (κ3) is 4.64. The first-order valence-corrected chi connectivity index (χ1v) is 10.1. The van der Waals surface area contributed by atoms with E-state index < -0.39 is 23.8 Å². The van der Waals surface area contributed by atoms with Crippen LogP contribution in [0.4, 0.5) is 4.39 Å². The molecule has 0 spiro atoms. The summed E-state index contributed by atoms with van der Waals surface area (Å²) in [4.78, 5) is 25.6. The van der Waals surface area contributed by atoms with E-state index in [0.717, 1.165) is 16.7 Å². The number of hydrogen-bond donors (Lipinski definition) is 2. The second-order valence-corrected chi connectivity index (χ2v) is 7.81. The van der Waals surface area contributed by atoms with Gasteiger partial charge in [-0.15, -0.1) is 10.1 Å². The standard InChI is InChI=1S/C24H19ClFN3O2/c1-15-2-6-17(7-3-15)22-21(27-23(30)18-8-12-20(26)13-9-18)24(31)28-29(22)14-16-4-10-19(25)11-5-16/h2-14,21-22H,1H3,(H-,27,28,30,31)/p+1/b29-14-/t21-,22-/m0/s1. The Hall–Kier alpha value is -3.51. The van der Waals surface area contributed by atoms with E-state index in [4.69, 9.17) is 11.6 Å². The molecule has 1 saturated heterocycles. The molecule has 1 aliphatic heterocycles. The van der Waals surface area contributed by atoms with E-state index in [2.05, 4.69) is 10.7 Å². The highest BCUT2D eigenvalue weighted by atomic mass is 35.5. The molecule has 0 radical (unpaired) electrons. The van der Waals surface area contributed by atoms with E-state index in [1.807, 2.05) is 43.3 Å². The van der Waals surface area contributed by atoms with Crippen LogP contribution >= 0.6 is 11.6 Å². The lowest BCUT2D eigenvalue weighted by Gasteiger charge is -2.15. The highest BCUT2D eigenvalue weighted by Crippen LogP contribution is 2.26. The van der Waals surface area contributed by atoms with Gasteiger partial charge in [0.2, 0.25) is 12.3 Å². The molecule has 3 aromatic carbocycles. The van der Waals surface area contributed by atoms with Crippen LogP contribution < -0.4 is 10.7 Å². The van der Waals surface area contributed by atoms with Gasteiger partial charge in [0, 0.05) is 21.7 Å². The summed E-state index contributed by atoms with van der Waals surface area (Å²) in [6.45, 7) is 1.98. The Morgan fingerprint density at radius 2 is 1.68 bits per heavy atom. The van der Waals surface area contributed by atoms with Crippen molar-refractivity contribution in [1.82, 2.24) is 10.7 Å². The van der Waals surface area contributed by atoms with Crippen LogP contribution in [-0.2, 0) is 4.79 Å². The highest BCUT2D eigenvalue weighted by Gasteiger charge is 2.47. The van der Waals surface area contributed by atoms with Gasteiger partial charge in [0.1, 0.15) is 5.82 Å². The molecular weight excluding hydrogens is 417 g/mol. The maximum absolute atomic E-state index is 13.2. The monoisotopic (exact) mass is 436 g/mol. The molecule has 2 atom stereocenters. The van der Waals surface area contributed by atoms with Crippen LogP contribution in [0.1, 0.15) is 33.1 Å². The topological polar surface area (TPSA) is 61.2 Å². The third-order valence-electron chi connectivity index (χ3n) is 5.11. The first kappa shape index (κ1) is 20.8. The fraction of sp³-hybridized carbons (Fsp3) is 0.125. The molecule has 4 rings (SSSR count). The van der Waals surface area contributed by atoms with Gasteiger partial charge < -0.3 is 5.32 Å². The summed E-state index contributed by atoms with van der Waals surface area (Å²) in [6, 6.07) is 18.8. The molecule has 2 amide bonds. The molecule has 3 aromatic rings. The van der Waals surface area contributed by atoms with Crippen LogP contribution in [0.2, 0.25) is 5.02 Å². The smallest absolute Gasteiger partial charge is 0.304 e. The second kappa shape index (κ2) is 8.70. The number of hydrazine groups is 1. The van der Waals surface area contributed by atoms with Crippen LogP contribution in [0.5, 0.6) is 0 Å². The van der Waals surface area contributed by atoms with Crippen molar-refractivity contribution in [3.63, 3.8) is 0 Å². The van der Waals surface area contributed by atoms with Crippen molar-refractivity contribution >= 4 is 29.6 Å². The van der Waals surface area contributed by atoms with Crippen molar-refractivity contribution in [3.8, 4) is 0 Å². The van der Waals surface area contributed by atoms with Crippen LogP contribution in [0.15, 0.2) is 72.8 Å². The normalized spacial score (nSPS) is 19.3. The van der Waals surface area contributed by atoms with E-state index in [9.17, 15) is 14.0 Å². The van der Waals surface area contributed by atoms with Crippen molar-refractivity contribution in [3.05, 3.63) is 106 Å². The minimum atomic E-state index is -0.844. The number of aryl methyl sites for hydroxylation is 1. The predicted molar refractivity (Wildman–Crippen MR) is 117 cm³/mol. The number of amides is 2. The van der Waals surface area contributed by atoms with Gasteiger partial charge in [0.25, 0.3) is 5.91 Å². The lowest BCUT2D eigenvalue weighted by molar-refractivity contribution is -0.596. The van der Waals surface area contributed by atoms with Crippen LogP contribution in [-0.4, -0.2) is 28.8 Å². The lowest BCUT2D eigenvalue weighted by atomic mass is 9.98. The zero-order valence-electron chi connectivity index (χ0n) is 16.7. The summed E-state index contributed by atoms with van der Waals surface area (Å²) in [5.74, 6) is -1.23. The molecule has 1 heterocycles. The number of halogens is 2. The van der Waals surface area contributed by atoms with Crippen LogP contribution in [0, 0.1) is 12.7 Å². The number of hydrogen-bond acceptors (Lipinski definition) is 2. The third-order valence-corrected chi connectivity index (χ3v) is 5.36. The van der Waals surface area contributed by atoms with Crippen molar-refractivity contribution in [2.24, 2.45) is 0 Å². The maximum atomic E-state index is 13.2. The van der Waals surface area contributed by atoms with Gasteiger partial charge in [0.05, 0.1) is 0 Å². The number of benzene rings is 3. The van der Waals surface area contributed by atoms with Crippen LogP contribution in [0.25, 0.3) is 0 Å². The summed E-state index contributed by atoms with van der Waals surface area (Å²) in [6.07, 6.45) is 1.79. The summed E-state index contributed by atoms with van der Waals surface area (Å²) in [5.41, 5.74) is 5.89. The van der Waals surface area contributed by atoms with Crippen molar-refractivity contribution in [2.75, 3.05) is 0 Å². The minimum absolute atomic E-state index is 0.275. The molecule has 5 nitrogen and oxygen atoms in total. The minimum Gasteiger partial charge on any atom is -0.334 e. The molecule has 31 heavy (non-hydrogen) atoms. The Kier molecular flexibility index (Phi) is 5.82. The van der Waals surface area contributed by atoms with Crippen LogP contribution in [0.3, 0.4) is 0 Å². The summed E-state index contributed by atoms with van der Waals surface area (Å²) < 4.78 is 14.9. The van der Waals surface area contributed by atoms with Gasteiger partial charge in [-0.3, -0.25) is 9.59 Å². The van der Waals surface area contributed by atoms with E-state index in [0.29, 0.717) is 5.02 Å². The zero-order valence-corrected chi connectivity index (χ0v) is 17.4. The summed E-state index contributed by atoms with van der Waals surface area (Å²) >= 11 is 5.97. The van der Waals surface area contributed by atoms with Crippen molar-refractivity contribution in [2.45, 2.75) is 19.0 Å². The molecule has 1 fully saturated rings. The van der Waals surface area contributed by atoms with E-state index in [-0.39, 0.29) is 11.5 Å². The SMILES string of the molecule is Cc1ccc([C@H]2[C@H](NC(=O)c3ccc(F)cc3)C(=O)N/[N+]2=C\c2ccc(Cl)cc2)cc1. The molecule has 0 aliphatic carbocycles. The number of hydrazone groups is 1. The van der Waals surface area contributed by atoms with Gasteiger partial charge in [-0.25, -0.2) is 4.39 Å². The number of rotatable bonds is 4. The molecular formula is C24H20ClFN3O2+. The maximum Gasteiger partial charge on any atom is 0.304 e. The van der Waals surface area contributed by atoms with Gasteiger partial charge in [-0.1, -0.05) is 41.4 Å². The van der Waals surface area contributed by atoms with E-state index >= 15 is 0 Å². The van der Waals surface area contributed by atoms with E-state index in [1.165, 1.54) is 24.3 Å². The molecule has 0 bridgehead atoms. The quantitative estimate of drug-likeness (QED) is 0.611. The Balaban J connectivity index is 1.69. The number of carbonyl (C=O) groups is 2. The summed E-state index contributed by atoms with van der Waals surface area (Å²) in [7, 11) is 0.